The maximum absolute atomic E-state index is 12.0. The minimum absolute atomic E-state index is 0.378. The number of hydrogen-bond donors (Lipinski definition) is 1. The van der Waals surface area contributed by atoms with Crippen molar-refractivity contribution in [2.45, 2.75) is 12.5 Å². The summed E-state index contributed by atoms with van der Waals surface area (Å²) < 4.78 is 10.4. The molecule has 1 atom stereocenters. The average molecular weight is 271 g/mol. The molecule has 1 unspecified atom stereocenters. The van der Waals surface area contributed by atoms with Gasteiger partial charge in [-0.15, -0.1) is 0 Å². The Kier molecular flexibility index (Phi) is 4.74. The van der Waals surface area contributed by atoms with Gasteiger partial charge >= 0.3 is 5.97 Å². The molecule has 0 aromatic heterocycles. The van der Waals surface area contributed by atoms with Crippen LogP contribution in [0.2, 0.25) is 0 Å². The molecule has 104 valence electrons. The fraction of sp³-hybridized carbons (Fsp3) is 0.188. The van der Waals surface area contributed by atoms with Gasteiger partial charge in [0.2, 0.25) is 0 Å². The van der Waals surface area contributed by atoms with Crippen LogP contribution in [-0.4, -0.2) is 19.1 Å². The van der Waals surface area contributed by atoms with Crippen LogP contribution in [0.3, 0.4) is 0 Å². The highest BCUT2D eigenvalue weighted by molar-refractivity contribution is 5.79. The van der Waals surface area contributed by atoms with Crippen molar-refractivity contribution in [1.29, 1.82) is 0 Å². The number of para-hydroxylation sites is 2. The Balaban J connectivity index is 2.01. The number of carbonyl (C=O) groups is 1. The van der Waals surface area contributed by atoms with E-state index in [0.29, 0.717) is 17.9 Å². The number of benzene rings is 2. The summed E-state index contributed by atoms with van der Waals surface area (Å²) in [7, 11) is 1.52. The van der Waals surface area contributed by atoms with Crippen LogP contribution in [0.4, 0.5) is 0 Å². The molecule has 4 heteroatoms. The molecule has 0 saturated heterocycles. The van der Waals surface area contributed by atoms with Crippen LogP contribution in [0.25, 0.3) is 0 Å². The number of methoxy groups -OCH3 is 1. The van der Waals surface area contributed by atoms with E-state index in [1.165, 1.54) is 7.11 Å². The Labute approximate surface area is 118 Å². The molecule has 0 aliphatic heterocycles. The van der Waals surface area contributed by atoms with Crippen molar-refractivity contribution in [2.75, 3.05) is 7.11 Å². The fourth-order valence-corrected chi connectivity index (χ4v) is 1.84. The fourth-order valence-electron chi connectivity index (χ4n) is 1.84. The minimum Gasteiger partial charge on any atom is -0.493 e. The SMILES string of the molecule is COc1ccccc1OC(=O)C(N)Cc1ccccc1. The second-order valence-corrected chi connectivity index (χ2v) is 4.37. The van der Waals surface area contributed by atoms with Gasteiger partial charge in [-0.05, 0) is 24.1 Å². The molecule has 0 aliphatic carbocycles. The Morgan fingerprint density at radius 3 is 2.30 bits per heavy atom. The number of nitrogens with two attached hydrogens (primary N) is 1. The van der Waals surface area contributed by atoms with E-state index in [1.807, 2.05) is 30.3 Å². The Morgan fingerprint density at radius 2 is 1.65 bits per heavy atom. The third-order valence-corrected chi connectivity index (χ3v) is 2.88. The first-order valence-electron chi connectivity index (χ1n) is 6.35. The maximum atomic E-state index is 12.0. The average Bonchev–Trinajstić information content (AvgIpc) is 2.48. The monoisotopic (exact) mass is 271 g/mol. The molecule has 2 rings (SSSR count). The van der Waals surface area contributed by atoms with E-state index in [9.17, 15) is 4.79 Å². The summed E-state index contributed by atoms with van der Waals surface area (Å²) in [6.07, 6.45) is 0.439. The van der Waals surface area contributed by atoms with Crippen molar-refractivity contribution in [2.24, 2.45) is 5.73 Å². The van der Waals surface area contributed by atoms with Gasteiger partial charge in [-0.3, -0.25) is 0 Å². The van der Waals surface area contributed by atoms with Gasteiger partial charge in [0.1, 0.15) is 6.04 Å². The molecule has 20 heavy (non-hydrogen) atoms. The standard InChI is InChI=1S/C16H17NO3/c1-19-14-9-5-6-10-15(14)20-16(18)13(17)11-12-7-3-2-4-8-12/h2-10,13H,11,17H2,1H3. The van der Waals surface area contributed by atoms with E-state index in [-0.39, 0.29) is 0 Å². The van der Waals surface area contributed by atoms with E-state index >= 15 is 0 Å². The Morgan fingerprint density at radius 1 is 1.05 bits per heavy atom. The highest BCUT2D eigenvalue weighted by Crippen LogP contribution is 2.26. The summed E-state index contributed by atoms with van der Waals surface area (Å²) in [6, 6.07) is 15.9. The van der Waals surface area contributed by atoms with Crippen molar-refractivity contribution in [3.63, 3.8) is 0 Å². The van der Waals surface area contributed by atoms with Crippen LogP contribution < -0.4 is 15.2 Å². The molecule has 2 aromatic rings. The molecule has 0 fully saturated rings. The largest absolute Gasteiger partial charge is 0.493 e. The van der Waals surface area contributed by atoms with E-state index < -0.39 is 12.0 Å². The maximum Gasteiger partial charge on any atom is 0.328 e. The predicted molar refractivity (Wildman–Crippen MR) is 76.8 cm³/mol. The molecular formula is C16H17NO3. The quantitative estimate of drug-likeness (QED) is 0.668. The van der Waals surface area contributed by atoms with Gasteiger partial charge in [0.25, 0.3) is 0 Å². The predicted octanol–water partition coefficient (Wildman–Crippen LogP) is 2.17. The van der Waals surface area contributed by atoms with Gasteiger partial charge in [0.05, 0.1) is 7.11 Å². The van der Waals surface area contributed by atoms with Crippen LogP contribution in [0.1, 0.15) is 5.56 Å². The third kappa shape index (κ3) is 3.59. The summed E-state index contributed by atoms with van der Waals surface area (Å²) in [5, 5.41) is 0. The van der Waals surface area contributed by atoms with Crippen molar-refractivity contribution >= 4 is 5.97 Å². The molecule has 0 aliphatic rings. The normalized spacial score (nSPS) is 11.7. The smallest absolute Gasteiger partial charge is 0.328 e. The molecule has 0 radical (unpaired) electrons. The molecule has 0 spiro atoms. The van der Waals surface area contributed by atoms with Crippen LogP contribution >= 0.6 is 0 Å². The first-order valence-corrected chi connectivity index (χ1v) is 6.35. The van der Waals surface area contributed by atoms with Gasteiger partial charge in [-0.25, -0.2) is 4.79 Å². The molecule has 4 nitrogen and oxygen atoms in total. The lowest BCUT2D eigenvalue weighted by Crippen LogP contribution is -2.36. The van der Waals surface area contributed by atoms with Crippen LogP contribution in [-0.2, 0) is 11.2 Å². The number of carbonyl (C=O) groups excluding carboxylic acids is 1. The number of esters is 1. The molecule has 2 aromatic carbocycles. The van der Waals surface area contributed by atoms with Crippen molar-refractivity contribution in [3.8, 4) is 11.5 Å². The minimum atomic E-state index is -0.706. The second kappa shape index (κ2) is 6.73. The van der Waals surface area contributed by atoms with Crippen molar-refractivity contribution < 1.29 is 14.3 Å². The highest BCUT2D eigenvalue weighted by atomic mass is 16.6. The molecular weight excluding hydrogens is 254 g/mol. The summed E-state index contributed by atoms with van der Waals surface area (Å²) in [4.78, 5) is 12.0. The van der Waals surface area contributed by atoms with Gasteiger partial charge in [-0.1, -0.05) is 42.5 Å². The number of rotatable bonds is 5. The summed E-state index contributed by atoms with van der Waals surface area (Å²) in [6.45, 7) is 0. The van der Waals surface area contributed by atoms with E-state index in [2.05, 4.69) is 0 Å². The lowest BCUT2D eigenvalue weighted by atomic mass is 10.1. The Hall–Kier alpha value is -2.33. The van der Waals surface area contributed by atoms with Gasteiger partial charge < -0.3 is 15.2 Å². The van der Waals surface area contributed by atoms with Gasteiger partial charge in [0, 0.05) is 0 Å². The van der Waals surface area contributed by atoms with Gasteiger partial charge in [0.15, 0.2) is 11.5 Å². The first-order chi connectivity index (χ1) is 9.70. The highest BCUT2D eigenvalue weighted by Gasteiger charge is 2.18. The molecule has 0 amide bonds. The van der Waals surface area contributed by atoms with Crippen molar-refractivity contribution in [3.05, 3.63) is 60.2 Å². The Bertz CT molecular complexity index is 569. The zero-order valence-corrected chi connectivity index (χ0v) is 11.3. The van der Waals surface area contributed by atoms with E-state index in [1.54, 1.807) is 24.3 Å². The zero-order chi connectivity index (χ0) is 14.4. The van der Waals surface area contributed by atoms with E-state index in [4.69, 9.17) is 15.2 Å². The lowest BCUT2D eigenvalue weighted by molar-refractivity contribution is -0.135. The summed E-state index contributed by atoms with van der Waals surface area (Å²) in [5.41, 5.74) is 6.87. The molecule has 0 bridgehead atoms. The van der Waals surface area contributed by atoms with E-state index in [0.717, 1.165) is 5.56 Å². The number of hydrogen-bond acceptors (Lipinski definition) is 4. The van der Waals surface area contributed by atoms with Crippen molar-refractivity contribution in [1.82, 2.24) is 0 Å². The second-order valence-electron chi connectivity index (χ2n) is 4.37. The topological polar surface area (TPSA) is 61.5 Å². The molecule has 0 saturated carbocycles. The van der Waals surface area contributed by atoms with Crippen LogP contribution in [0, 0.1) is 0 Å². The third-order valence-electron chi connectivity index (χ3n) is 2.88. The zero-order valence-electron chi connectivity index (χ0n) is 11.3. The summed E-state index contributed by atoms with van der Waals surface area (Å²) in [5.74, 6) is 0.412. The van der Waals surface area contributed by atoms with Crippen LogP contribution in [0.5, 0.6) is 11.5 Å². The number of ether oxygens (including phenoxy) is 2. The molecule has 0 heterocycles. The van der Waals surface area contributed by atoms with Gasteiger partial charge in [-0.2, -0.15) is 0 Å². The van der Waals surface area contributed by atoms with Crippen LogP contribution in [0.15, 0.2) is 54.6 Å². The summed E-state index contributed by atoms with van der Waals surface area (Å²) >= 11 is 0. The first kappa shape index (κ1) is 14.1. The molecule has 2 N–H and O–H groups in total. The lowest BCUT2D eigenvalue weighted by Gasteiger charge is -2.13.